The molecule has 0 aromatic heterocycles. The fourth-order valence-corrected chi connectivity index (χ4v) is 3.26. The highest BCUT2D eigenvalue weighted by Gasteiger charge is 2.31. The summed E-state index contributed by atoms with van der Waals surface area (Å²) in [5, 5.41) is 10.1. The van der Waals surface area contributed by atoms with Crippen LogP contribution in [0.2, 0.25) is 0 Å². The van der Waals surface area contributed by atoms with Gasteiger partial charge in [0.25, 0.3) is 5.91 Å². The summed E-state index contributed by atoms with van der Waals surface area (Å²) in [6.45, 7) is 0.718. The minimum Gasteiger partial charge on any atom is -0.469 e. The maximum atomic E-state index is 12.3. The van der Waals surface area contributed by atoms with Crippen molar-refractivity contribution in [2.24, 2.45) is 16.1 Å². The molecule has 0 bridgehead atoms. The Bertz CT molecular complexity index is 799. The van der Waals surface area contributed by atoms with Crippen molar-refractivity contribution in [2.45, 2.75) is 18.9 Å². The highest BCUT2D eigenvalue weighted by Crippen LogP contribution is 2.26. The number of ether oxygens (including phenoxy) is 1. The summed E-state index contributed by atoms with van der Waals surface area (Å²) in [6.07, 6.45) is 0.941. The number of azo groups is 1. The van der Waals surface area contributed by atoms with Crippen LogP contribution in [0, 0.1) is 5.92 Å². The van der Waals surface area contributed by atoms with Gasteiger partial charge in [-0.2, -0.15) is 5.11 Å². The van der Waals surface area contributed by atoms with Crippen LogP contribution in [0.5, 0.6) is 0 Å². The van der Waals surface area contributed by atoms with Gasteiger partial charge in [0.05, 0.1) is 13.0 Å². The molecule has 1 aromatic rings. The maximum Gasteiger partial charge on any atom is 0.311 e. The van der Waals surface area contributed by atoms with Crippen LogP contribution in [-0.4, -0.2) is 55.3 Å². The first-order valence-electron chi connectivity index (χ1n) is 8.70. The number of fused-ring (bicyclic) bond motifs is 1. The lowest BCUT2D eigenvalue weighted by Gasteiger charge is -2.30. The van der Waals surface area contributed by atoms with Crippen molar-refractivity contribution in [3.05, 3.63) is 35.4 Å². The molecule has 0 radical (unpaired) electrons. The monoisotopic (exact) mass is 372 g/mol. The third kappa shape index (κ3) is 4.02. The third-order valence-corrected chi connectivity index (χ3v) is 4.81. The van der Waals surface area contributed by atoms with Gasteiger partial charge in [-0.15, -0.1) is 5.11 Å². The number of carbonyl (C=O) groups excluding carboxylic acids is 4. The number of carbonyl (C=O) groups is 4. The summed E-state index contributed by atoms with van der Waals surface area (Å²) >= 11 is 0. The predicted molar refractivity (Wildman–Crippen MR) is 92.7 cm³/mol. The van der Waals surface area contributed by atoms with E-state index in [1.165, 1.54) is 12.0 Å². The van der Waals surface area contributed by atoms with E-state index < -0.39 is 23.8 Å². The molecule has 3 amide bonds. The molecule has 1 unspecified atom stereocenters. The first kappa shape index (κ1) is 18.7. The van der Waals surface area contributed by atoms with Gasteiger partial charge in [-0.1, -0.05) is 18.2 Å². The fourth-order valence-electron chi connectivity index (χ4n) is 3.26. The van der Waals surface area contributed by atoms with E-state index >= 15 is 0 Å². The second kappa shape index (κ2) is 8.07. The van der Waals surface area contributed by atoms with E-state index in [-0.39, 0.29) is 18.4 Å². The number of likely N-dealkylation sites (tertiary alicyclic amines) is 1. The van der Waals surface area contributed by atoms with E-state index in [0.717, 1.165) is 0 Å². The molecule has 2 aliphatic rings. The number of methoxy groups -OCH3 is 1. The largest absolute Gasteiger partial charge is 0.469 e. The van der Waals surface area contributed by atoms with Gasteiger partial charge >= 0.3 is 17.8 Å². The first-order valence-corrected chi connectivity index (χ1v) is 8.70. The summed E-state index contributed by atoms with van der Waals surface area (Å²) < 4.78 is 4.71. The minimum absolute atomic E-state index is 0.0665. The number of hydrogen-bond acceptors (Lipinski definition) is 6. The molecule has 1 saturated heterocycles. The smallest absolute Gasteiger partial charge is 0.311 e. The normalized spacial score (nSPS) is 19.4. The van der Waals surface area contributed by atoms with Crippen molar-refractivity contribution < 1.29 is 23.9 Å². The Morgan fingerprint density at radius 1 is 1.22 bits per heavy atom. The van der Waals surface area contributed by atoms with Crippen LogP contribution in [0.4, 0.5) is 0 Å². The van der Waals surface area contributed by atoms with E-state index in [1.54, 1.807) is 24.3 Å². The Morgan fingerprint density at radius 3 is 2.63 bits per heavy atom. The number of nitrogens with zero attached hydrogens (tertiary/aromatic N) is 3. The zero-order valence-corrected chi connectivity index (χ0v) is 14.9. The van der Waals surface area contributed by atoms with Crippen LogP contribution < -0.4 is 5.32 Å². The average molecular weight is 372 g/mol. The lowest BCUT2D eigenvalue weighted by Crippen LogP contribution is -2.47. The summed E-state index contributed by atoms with van der Waals surface area (Å²) in [4.78, 5) is 49.2. The molecule has 9 heteroatoms. The molecule has 1 fully saturated rings. The van der Waals surface area contributed by atoms with Gasteiger partial charge in [0, 0.05) is 25.2 Å². The zero-order chi connectivity index (χ0) is 19.4. The molecule has 0 spiro atoms. The van der Waals surface area contributed by atoms with Crippen LogP contribution in [0.25, 0.3) is 0 Å². The van der Waals surface area contributed by atoms with Gasteiger partial charge in [-0.3, -0.25) is 19.2 Å². The van der Waals surface area contributed by atoms with Gasteiger partial charge in [-0.25, -0.2) is 0 Å². The molecule has 2 heterocycles. The standard InChI is InChI=1S/C18H20N4O5/c1-27-18(26)11-6-8-22(9-7-11)17(25)16(24)19-10-14-12-4-2-3-5-13(12)15(23)21-20-14/h2-5,11,14H,6-10H2,1H3,(H,19,24). The first-order chi connectivity index (χ1) is 13.0. The number of piperidine rings is 1. The molecular weight excluding hydrogens is 352 g/mol. The summed E-state index contributed by atoms with van der Waals surface area (Å²) in [5.41, 5.74) is 1.12. The van der Waals surface area contributed by atoms with E-state index in [1.807, 2.05) is 0 Å². The molecule has 0 aliphatic carbocycles. The minimum atomic E-state index is -0.740. The molecule has 9 nitrogen and oxygen atoms in total. The number of amides is 3. The molecule has 142 valence electrons. The number of nitrogens with one attached hydrogen (secondary N) is 1. The maximum absolute atomic E-state index is 12.3. The van der Waals surface area contributed by atoms with Crippen LogP contribution in [0.1, 0.15) is 34.8 Å². The summed E-state index contributed by atoms with van der Waals surface area (Å²) in [6, 6.07) is 6.40. The summed E-state index contributed by atoms with van der Waals surface area (Å²) in [7, 11) is 1.33. The predicted octanol–water partition coefficient (Wildman–Crippen LogP) is 0.862. The molecule has 1 aromatic carbocycles. The Balaban J connectivity index is 1.54. The van der Waals surface area contributed by atoms with Crippen molar-refractivity contribution in [2.75, 3.05) is 26.7 Å². The number of rotatable bonds is 3. The van der Waals surface area contributed by atoms with Crippen LogP contribution in [0.3, 0.4) is 0 Å². The Morgan fingerprint density at radius 2 is 1.93 bits per heavy atom. The molecule has 1 atom stereocenters. The number of benzene rings is 1. The average Bonchev–Trinajstić information content (AvgIpc) is 2.72. The van der Waals surface area contributed by atoms with Gasteiger partial charge in [0.1, 0.15) is 6.04 Å². The molecule has 0 saturated carbocycles. The van der Waals surface area contributed by atoms with Gasteiger partial charge < -0.3 is 15.0 Å². The Hall–Kier alpha value is -3.10. The lowest BCUT2D eigenvalue weighted by atomic mass is 9.97. The molecule has 1 N–H and O–H groups in total. The molecule has 27 heavy (non-hydrogen) atoms. The van der Waals surface area contributed by atoms with E-state index in [2.05, 4.69) is 15.5 Å². The fraction of sp³-hybridized carbons (Fsp3) is 0.444. The van der Waals surface area contributed by atoms with Crippen molar-refractivity contribution in [3.63, 3.8) is 0 Å². The van der Waals surface area contributed by atoms with Crippen molar-refractivity contribution >= 4 is 23.7 Å². The van der Waals surface area contributed by atoms with Crippen molar-refractivity contribution in [1.82, 2.24) is 10.2 Å². The Kier molecular flexibility index (Phi) is 5.58. The van der Waals surface area contributed by atoms with Gasteiger partial charge in [0.2, 0.25) is 0 Å². The third-order valence-electron chi connectivity index (χ3n) is 4.81. The highest BCUT2D eigenvalue weighted by atomic mass is 16.5. The molecule has 3 rings (SSSR count). The van der Waals surface area contributed by atoms with E-state index in [4.69, 9.17) is 4.74 Å². The highest BCUT2D eigenvalue weighted by molar-refractivity contribution is 6.35. The summed E-state index contributed by atoms with van der Waals surface area (Å²) in [5.74, 6) is -2.33. The van der Waals surface area contributed by atoms with Crippen LogP contribution in [-0.2, 0) is 19.1 Å². The molecular formula is C18H20N4O5. The van der Waals surface area contributed by atoms with Crippen molar-refractivity contribution in [3.8, 4) is 0 Å². The zero-order valence-electron chi connectivity index (χ0n) is 14.9. The Labute approximate surface area is 155 Å². The van der Waals surface area contributed by atoms with Gasteiger partial charge in [0.15, 0.2) is 0 Å². The second-order valence-electron chi connectivity index (χ2n) is 6.42. The SMILES string of the molecule is COC(=O)C1CCN(C(=O)C(=O)NCC2N=NC(=O)c3ccccc32)CC1. The quantitative estimate of drug-likeness (QED) is 0.624. The lowest BCUT2D eigenvalue weighted by molar-refractivity contribution is -0.151. The van der Waals surface area contributed by atoms with E-state index in [9.17, 15) is 19.2 Å². The van der Waals surface area contributed by atoms with Gasteiger partial charge in [-0.05, 0) is 24.5 Å². The van der Waals surface area contributed by atoms with Crippen molar-refractivity contribution in [1.29, 1.82) is 0 Å². The van der Waals surface area contributed by atoms with Crippen LogP contribution in [0.15, 0.2) is 34.5 Å². The second-order valence-corrected chi connectivity index (χ2v) is 6.42. The van der Waals surface area contributed by atoms with Crippen LogP contribution >= 0.6 is 0 Å². The topological polar surface area (TPSA) is 118 Å². The number of esters is 1. The van der Waals surface area contributed by atoms with E-state index in [0.29, 0.717) is 37.1 Å². The number of hydrogen-bond donors (Lipinski definition) is 1. The molecule has 2 aliphatic heterocycles.